The van der Waals surface area contributed by atoms with Crippen LogP contribution >= 0.6 is 0 Å². The van der Waals surface area contributed by atoms with Gasteiger partial charge in [0.25, 0.3) is 5.69 Å². The molecule has 0 spiro atoms. The fourth-order valence-corrected chi connectivity index (χ4v) is 8.41. The number of nitrogens with zero attached hydrogens (tertiary/aromatic N) is 3. The van der Waals surface area contributed by atoms with Crippen LogP contribution in [0.5, 0.6) is 17.2 Å². The number of ether oxygens (including phenoxy) is 4. The van der Waals surface area contributed by atoms with Gasteiger partial charge in [0.15, 0.2) is 0 Å². The number of amides is 1. The minimum Gasteiger partial charge on any atom is -0.490 e. The van der Waals surface area contributed by atoms with E-state index in [0.29, 0.717) is 43.1 Å². The molecule has 54 heavy (non-hydrogen) atoms. The number of benzene rings is 2. The predicted octanol–water partition coefficient (Wildman–Crippen LogP) is 7.33. The summed E-state index contributed by atoms with van der Waals surface area (Å²) in [6, 6.07) is 10.4. The lowest BCUT2D eigenvalue weighted by Crippen LogP contribution is -2.70. The smallest absolute Gasteiger partial charge is 0.415 e. The van der Waals surface area contributed by atoms with Crippen LogP contribution < -0.4 is 14.2 Å². The van der Waals surface area contributed by atoms with Crippen LogP contribution in [0.3, 0.4) is 0 Å². The number of fused-ring (bicyclic) bond motifs is 2. The van der Waals surface area contributed by atoms with Crippen molar-refractivity contribution in [2.24, 2.45) is 22.9 Å². The normalized spacial score (nSPS) is 24.6. The van der Waals surface area contributed by atoms with Crippen LogP contribution in [-0.2, 0) is 9.57 Å². The lowest BCUT2D eigenvalue weighted by molar-refractivity contribution is -0.384. The van der Waals surface area contributed by atoms with Gasteiger partial charge in [0.05, 0.1) is 23.2 Å². The van der Waals surface area contributed by atoms with E-state index in [0.717, 1.165) is 36.8 Å². The van der Waals surface area contributed by atoms with Crippen molar-refractivity contribution in [1.82, 2.24) is 4.90 Å². The number of carbonyl (C=O) groups excluding carboxylic acids is 1. The van der Waals surface area contributed by atoms with E-state index in [2.05, 4.69) is 24.4 Å². The molecule has 0 aromatic heterocycles. The molecule has 6 unspecified atom stereocenters. The molecule has 292 valence electrons. The van der Waals surface area contributed by atoms with Crippen LogP contribution in [0.4, 0.5) is 10.5 Å². The van der Waals surface area contributed by atoms with E-state index < -0.39 is 28.8 Å². The lowest BCUT2D eigenvalue weighted by atomic mass is 9.55. The second kappa shape index (κ2) is 19.0. The van der Waals surface area contributed by atoms with Crippen LogP contribution in [0, 0.1) is 27.9 Å². The quantitative estimate of drug-likeness (QED) is 0.0607. The summed E-state index contributed by atoms with van der Waals surface area (Å²) < 4.78 is 26.0. The fourth-order valence-electron chi connectivity index (χ4n) is 8.41. The summed E-state index contributed by atoms with van der Waals surface area (Å²) in [6.45, 7) is 10.6. The summed E-state index contributed by atoms with van der Waals surface area (Å²) in [5.41, 5.74) is 2.39. The minimum absolute atomic E-state index is 0.0576. The van der Waals surface area contributed by atoms with Gasteiger partial charge in [0.2, 0.25) is 5.79 Å². The Bertz CT molecular complexity index is 1680. The number of aliphatic hydroxyl groups is 2. The van der Waals surface area contributed by atoms with Crippen molar-refractivity contribution in [2.45, 2.75) is 76.0 Å². The van der Waals surface area contributed by atoms with Crippen LogP contribution in [0.25, 0.3) is 0 Å². The summed E-state index contributed by atoms with van der Waals surface area (Å²) in [7, 11) is 1.50. The first-order valence-corrected chi connectivity index (χ1v) is 18.8. The summed E-state index contributed by atoms with van der Waals surface area (Å²) in [4.78, 5) is 32.2. The van der Waals surface area contributed by atoms with Crippen LogP contribution in [0.15, 0.2) is 84.6 Å². The topological polar surface area (TPSA) is 162 Å². The zero-order chi connectivity index (χ0) is 38.7. The minimum atomic E-state index is -1.44. The Labute approximate surface area is 317 Å². The standard InChI is InChI=1S/C41H53N3O10/c1-5-20-43(40(47)53-30-16-14-29(15-17-30)44(48)49)37-27-35(42-50-4)33-25-28(12-8-10-21-45)32(13-9-11-22-46)38-34-26-31(51-23-6-2)18-19-36(34)54-41(37,39(33)38)52-24-7-3/h6-7,14-19,25-26,28,32,37-39,45-46H,2-3,5,8-13,20-24,27H2,1,4H3. The third-order valence-corrected chi connectivity index (χ3v) is 10.5. The number of hydrogen-bond donors (Lipinski definition) is 2. The number of nitro groups is 1. The summed E-state index contributed by atoms with van der Waals surface area (Å²) in [5, 5.41) is 35.4. The second-order valence-corrected chi connectivity index (χ2v) is 13.9. The molecule has 0 saturated heterocycles. The molecular weight excluding hydrogens is 694 g/mol. The Morgan fingerprint density at radius 3 is 2.41 bits per heavy atom. The number of unbranched alkanes of at least 4 members (excludes halogenated alkanes) is 2. The molecule has 1 heterocycles. The molecule has 3 aliphatic rings. The first kappa shape index (κ1) is 40.5. The number of aliphatic hydroxyl groups excluding tert-OH is 2. The lowest BCUT2D eigenvalue weighted by Gasteiger charge is -2.59. The highest BCUT2D eigenvalue weighted by molar-refractivity contribution is 6.03. The van der Waals surface area contributed by atoms with Crippen LogP contribution in [0.2, 0.25) is 0 Å². The summed E-state index contributed by atoms with van der Waals surface area (Å²) >= 11 is 0. The summed E-state index contributed by atoms with van der Waals surface area (Å²) in [6.07, 6.45) is 10.3. The average Bonchev–Trinajstić information content (AvgIpc) is 3.17. The molecule has 0 bridgehead atoms. The van der Waals surface area contributed by atoms with Gasteiger partial charge in [-0.1, -0.05) is 49.7 Å². The van der Waals surface area contributed by atoms with E-state index in [1.807, 2.05) is 25.1 Å². The third kappa shape index (κ3) is 8.64. The molecule has 2 aromatic rings. The van der Waals surface area contributed by atoms with Crippen molar-refractivity contribution >= 4 is 17.5 Å². The fraction of sp³-hybridized carbons (Fsp3) is 0.512. The monoisotopic (exact) mass is 747 g/mol. The van der Waals surface area contributed by atoms with Gasteiger partial charge in [-0.25, -0.2) is 4.79 Å². The van der Waals surface area contributed by atoms with Gasteiger partial charge in [-0.2, -0.15) is 0 Å². The van der Waals surface area contributed by atoms with E-state index in [4.69, 9.17) is 23.8 Å². The molecule has 2 N–H and O–H groups in total. The molecule has 13 nitrogen and oxygen atoms in total. The zero-order valence-corrected chi connectivity index (χ0v) is 31.3. The number of non-ortho nitro benzene ring substituents is 1. The van der Waals surface area contributed by atoms with E-state index in [1.54, 1.807) is 17.1 Å². The van der Waals surface area contributed by atoms with Crippen molar-refractivity contribution < 1.29 is 43.7 Å². The first-order chi connectivity index (χ1) is 26.3. The maximum atomic E-state index is 14.3. The molecule has 1 amide bonds. The number of nitro benzene ring substituents is 1. The predicted molar refractivity (Wildman–Crippen MR) is 204 cm³/mol. The van der Waals surface area contributed by atoms with Crippen molar-refractivity contribution in [2.75, 3.05) is 40.1 Å². The molecule has 6 atom stereocenters. The van der Waals surface area contributed by atoms with Gasteiger partial charge in [0, 0.05) is 49.8 Å². The Morgan fingerprint density at radius 1 is 1.06 bits per heavy atom. The van der Waals surface area contributed by atoms with Crippen molar-refractivity contribution in [3.05, 3.63) is 95.1 Å². The molecule has 13 heteroatoms. The van der Waals surface area contributed by atoms with Gasteiger partial charge in [-0.05, 0) is 79.8 Å². The van der Waals surface area contributed by atoms with E-state index in [9.17, 15) is 25.1 Å². The molecular formula is C41H53N3O10. The molecule has 1 fully saturated rings. The largest absolute Gasteiger partial charge is 0.490 e. The average molecular weight is 748 g/mol. The number of hydrogen-bond acceptors (Lipinski definition) is 11. The Kier molecular flexibility index (Phi) is 14.3. The van der Waals surface area contributed by atoms with E-state index in [-0.39, 0.29) is 62.0 Å². The highest BCUT2D eigenvalue weighted by Crippen LogP contribution is 2.62. The maximum absolute atomic E-state index is 14.3. The first-order valence-electron chi connectivity index (χ1n) is 18.8. The third-order valence-electron chi connectivity index (χ3n) is 10.5. The number of allylic oxidation sites excluding steroid dienone is 1. The Balaban J connectivity index is 1.72. The summed E-state index contributed by atoms with van der Waals surface area (Å²) in [5.74, 6) is -0.561. The van der Waals surface area contributed by atoms with Gasteiger partial charge >= 0.3 is 6.09 Å². The molecule has 2 aliphatic carbocycles. The van der Waals surface area contributed by atoms with Crippen molar-refractivity contribution in [3.8, 4) is 17.2 Å². The van der Waals surface area contributed by atoms with Crippen molar-refractivity contribution in [1.29, 1.82) is 0 Å². The Hall–Kier alpha value is -4.72. The van der Waals surface area contributed by atoms with Crippen molar-refractivity contribution in [3.63, 3.8) is 0 Å². The number of carbonyl (C=O) groups is 1. The highest BCUT2D eigenvalue weighted by atomic mass is 16.7. The second-order valence-electron chi connectivity index (χ2n) is 13.9. The number of oxime groups is 1. The SMILES string of the molecule is C=CCOc1ccc2c(c1)C1C(CCCCO)C(CCCCO)C=C3C(=NOC)CC(N(CCC)C(=O)Oc4ccc([N+](=O)[O-])cc4)C(OCC=C)(O2)C31. The van der Waals surface area contributed by atoms with E-state index in [1.165, 1.54) is 31.4 Å². The molecule has 2 aromatic carbocycles. The molecule has 1 saturated carbocycles. The van der Waals surface area contributed by atoms with Crippen LogP contribution in [-0.4, -0.2) is 83.8 Å². The van der Waals surface area contributed by atoms with E-state index >= 15 is 0 Å². The van der Waals surface area contributed by atoms with Gasteiger partial charge in [0.1, 0.15) is 37.0 Å². The molecule has 5 rings (SSSR count). The maximum Gasteiger partial charge on any atom is 0.415 e. The van der Waals surface area contributed by atoms with Gasteiger partial charge < -0.3 is 34.0 Å². The number of rotatable bonds is 20. The van der Waals surface area contributed by atoms with Gasteiger partial charge in [-0.3, -0.25) is 15.0 Å². The molecule has 1 aliphatic heterocycles. The van der Waals surface area contributed by atoms with Crippen LogP contribution in [0.1, 0.15) is 69.8 Å². The van der Waals surface area contributed by atoms with Gasteiger partial charge in [-0.15, -0.1) is 6.58 Å². The molecule has 0 radical (unpaired) electrons. The highest BCUT2D eigenvalue weighted by Gasteiger charge is 2.65. The Morgan fingerprint density at radius 2 is 1.76 bits per heavy atom. The zero-order valence-electron chi connectivity index (χ0n) is 31.3.